The van der Waals surface area contributed by atoms with Gasteiger partial charge in [-0.25, -0.2) is 4.79 Å². The van der Waals surface area contributed by atoms with Gasteiger partial charge in [-0.2, -0.15) is 0 Å². The van der Waals surface area contributed by atoms with E-state index in [1.54, 1.807) is 12.1 Å². The van der Waals surface area contributed by atoms with Crippen LogP contribution in [0.5, 0.6) is 0 Å². The first-order valence-corrected chi connectivity index (χ1v) is 3.35. The molecule has 1 radical (unpaired) electrons. The number of para-hydroxylation sites is 1. The molecule has 1 aromatic heterocycles. The van der Waals surface area contributed by atoms with Crippen LogP contribution in [0.3, 0.4) is 0 Å². The summed E-state index contributed by atoms with van der Waals surface area (Å²) in [6.45, 7) is 0. The molecule has 14 heavy (non-hydrogen) atoms. The summed E-state index contributed by atoms with van der Waals surface area (Å²) in [4.78, 5) is 10.7. The van der Waals surface area contributed by atoms with Crippen molar-refractivity contribution in [1.29, 1.82) is 0 Å². The Morgan fingerprint density at radius 3 is 2.43 bits per heavy atom. The molecular formula is C9H10BaCuO3. The van der Waals surface area contributed by atoms with Gasteiger partial charge in [-0.05, 0) is 12.1 Å². The number of fused-ring (bicyclic) bond motifs is 1. The van der Waals surface area contributed by atoms with Crippen LogP contribution in [0.4, 0.5) is 0 Å². The molecule has 0 saturated carbocycles. The molecule has 1 heterocycles. The third-order valence-corrected chi connectivity index (χ3v) is 1.53. The largest absolute Gasteiger partial charge is 2.00 e. The van der Waals surface area contributed by atoms with Gasteiger partial charge in [0, 0.05) is 28.5 Å². The van der Waals surface area contributed by atoms with E-state index in [2.05, 4.69) is 0 Å². The molecule has 0 aliphatic rings. The van der Waals surface area contributed by atoms with Gasteiger partial charge in [-0.3, -0.25) is 0 Å². The number of hydrogen-bond acceptors (Lipinski definition) is 2. The Bertz CT molecular complexity index is 450. The van der Waals surface area contributed by atoms with Crippen molar-refractivity contribution in [3.63, 3.8) is 0 Å². The SMILES string of the molecule is O.O=c1ccc2ccccc2o1.[Ba+2].[Cu].[H-].[H-]. The molecule has 0 aliphatic heterocycles. The fraction of sp³-hybridized carbons (Fsp3) is 0. The summed E-state index contributed by atoms with van der Waals surface area (Å²) in [6.07, 6.45) is 0. The van der Waals surface area contributed by atoms with Gasteiger partial charge in [0.15, 0.2) is 0 Å². The summed E-state index contributed by atoms with van der Waals surface area (Å²) in [5, 5.41) is 0.951. The van der Waals surface area contributed by atoms with Crippen LogP contribution in [0, 0.1) is 0 Å². The molecule has 2 aromatic rings. The van der Waals surface area contributed by atoms with Crippen LogP contribution in [0.15, 0.2) is 45.6 Å². The van der Waals surface area contributed by atoms with Gasteiger partial charge in [-0.1, -0.05) is 18.2 Å². The Hall–Kier alpha value is 0.481. The van der Waals surface area contributed by atoms with Crippen LogP contribution in [0.1, 0.15) is 2.85 Å². The van der Waals surface area contributed by atoms with E-state index in [1.807, 2.05) is 18.2 Å². The second-order valence-electron chi connectivity index (χ2n) is 2.29. The van der Waals surface area contributed by atoms with E-state index in [0.29, 0.717) is 5.58 Å². The van der Waals surface area contributed by atoms with Crippen molar-refractivity contribution in [3.8, 4) is 0 Å². The zero-order valence-electron chi connectivity index (χ0n) is 9.29. The molecule has 2 N–H and O–H groups in total. The van der Waals surface area contributed by atoms with E-state index in [0.717, 1.165) is 5.39 Å². The maximum Gasteiger partial charge on any atom is 2.00 e. The number of benzene rings is 1. The third-order valence-electron chi connectivity index (χ3n) is 1.53. The molecule has 77 valence electrons. The smallest absolute Gasteiger partial charge is 1.00 e. The molecule has 0 aliphatic carbocycles. The quantitative estimate of drug-likeness (QED) is 0.511. The molecule has 1 aromatic carbocycles. The Morgan fingerprint density at radius 2 is 1.71 bits per heavy atom. The fourth-order valence-electron chi connectivity index (χ4n) is 1.01. The van der Waals surface area contributed by atoms with E-state index in [1.165, 1.54) is 6.07 Å². The zero-order valence-corrected chi connectivity index (χ0v) is 12.7. The van der Waals surface area contributed by atoms with Crippen molar-refractivity contribution in [1.82, 2.24) is 0 Å². The van der Waals surface area contributed by atoms with Crippen molar-refractivity contribution in [2.45, 2.75) is 0 Å². The minimum Gasteiger partial charge on any atom is -1.00 e. The molecular weight excluding hydrogens is 357 g/mol. The molecule has 0 unspecified atom stereocenters. The standard InChI is InChI=1S/C9H6O2.Ba.Cu.H2O.2H/c10-9-6-5-7-3-1-2-4-8(7)11-9;;;;;/h1-6H;;;1H2;;/q;+2;;;2*-1. The van der Waals surface area contributed by atoms with Crippen LogP contribution in [0.2, 0.25) is 0 Å². The van der Waals surface area contributed by atoms with Gasteiger partial charge >= 0.3 is 54.5 Å². The molecule has 0 amide bonds. The van der Waals surface area contributed by atoms with Crippen molar-refractivity contribution < 1.29 is 29.8 Å². The second-order valence-corrected chi connectivity index (χ2v) is 2.29. The maximum atomic E-state index is 10.7. The van der Waals surface area contributed by atoms with Crippen molar-refractivity contribution >= 4 is 59.9 Å². The Balaban J connectivity index is -0.000000144. The minimum absolute atomic E-state index is 0. The summed E-state index contributed by atoms with van der Waals surface area (Å²) in [7, 11) is 0. The average molecular weight is 367 g/mol. The third kappa shape index (κ3) is 3.92. The molecule has 3 nitrogen and oxygen atoms in total. The van der Waals surface area contributed by atoms with Gasteiger partial charge in [0.1, 0.15) is 5.58 Å². The minimum atomic E-state index is -0.302. The monoisotopic (exact) mass is 367 g/mol. The molecule has 0 bridgehead atoms. The van der Waals surface area contributed by atoms with Crippen LogP contribution >= 0.6 is 0 Å². The Labute approximate surface area is 135 Å². The van der Waals surface area contributed by atoms with Crippen LogP contribution in [-0.4, -0.2) is 54.4 Å². The van der Waals surface area contributed by atoms with Crippen LogP contribution in [0.25, 0.3) is 11.0 Å². The first-order valence-electron chi connectivity index (χ1n) is 3.35. The predicted molar refractivity (Wildman–Crippen MR) is 54.1 cm³/mol. The van der Waals surface area contributed by atoms with Gasteiger partial charge < -0.3 is 12.7 Å². The first kappa shape index (κ1) is 16.9. The maximum absolute atomic E-state index is 10.7. The molecule has 0 fully saturated rings. The number of hydrogen-bond donors (Lipinski definition) is 0. The predicted octanol–water partition coefficient (Wildman–Crippen LogP) is 0.810. The molecule has 5 heteroatoms. The second kappa shape index (κ2) is 7.73. The van der Waals surface area contributed by atoms with E-state index >= 15 is 0 Å². The summed E-state index contributed by atoms with van der Waals surface area (Å²) >= 11 is 0. The van der Waals surface area contributed by atoms with Gasteiger partial charge in [0.05, 0.1) is 0 Å². The Kier molecular flexibility index (Phi) is 9.33. The molecule has 0 saturated heterocycles. The van der Waals surface area contributed by atoms with Crippen molar-refractivity contribution in [2.75, 3.05) is 0 Å². The zero-order chi connectivity index (χ0) is 7.68. The first-order chi connectivity index (χ1) is 5.36. The van der Waals surface area contributed by atoms with E-state index in [4.69, 9.17) is 4.42 Å². The average Bonchev–Trinajstić information content (AvgIpc) is 2.04. The molecule has 0 atom stereocenters. The van der Waals surface area contributed by atoms with Crippen LogP contribution < -0.4 is 5.63 Å². The van der Waals surface area contributed by atoms with Gasteiger partial charge in [-0.15, -0.1) is 0 Å². The van der Waals surface area contributed by atoms with Crippen molar-refractivity contribution in [3.05, 3.63) is 46.8 Å². The van der Waals surface area contributed by atoms with Gasteiger partial charge in [0.25, 0.3) is 0 Å². The van der Waals surface area contributed by atoms with E-state index in [9.17, 15) is 4.79 Å². The molecule has 0 spiro atoms. The summed E-state index contributed by atoms with van der Waals surface area (Å²) in [5.74, 6) is 0. The van der Waals surface area contributed by atoms with Gasteiger partial charge in [0.2, 0.25) is 0 Å². The van der Waals surface area contributed by atoms with Crippen molar-refractivity contribution in [2.24, 2.45) is 0 Å². The van der Waals surface area contributed by atoms with E-state index in [-0.39, 0.29) is 79.9 Å². The summed E-state index contributed by atoms with van der Waals surface area (Å²) < 4.78 is 4.91. The van der Waals surface area contributed by atoms with E-state index < -0.39 is 0 Å². The number of rotatable bonds is 0. The van der Waals surface area contributed by atoms with Crippen LogP contribution in [-0.2, 0) is 17.1 Å². The topological polar surface area (TPSA) is 61.7 Å². The summed E-state index contributed by atoms with van der Waals surface area (Å²) in [5.41, 5.74) is 0.337. The fourth-order valence-corrected chi connectivity index (χ4v) is 1.01. The molecule has 2 rings (SSSR count). The normalized spacial score (nSPS) is 8.00. The summed E-state index contributed by atoms with van der Waals surface area (Å²) in [6, 6.07) is 10.6. The Morgan fingerprint density at radius 1 is 1.07 bits per heavy atom.